The lowest BCUT2D eigenvalue weighted by molar-refractivity contribution is 0.289. The molecule has 0 atom stereocenters. The number of rotatable bonds is 7. The Labute approximate surface area is 107 Å². The van der Waals surface area contributed by atoms with Crippen LogP contribution in [0.5, 0.6) is 0 Å². The molecule has 1 aromatic heterocycles. The summed E-state index contributed by atoms with van der Waals surface area (Å²) in [5, 5.41) is 11.8. The second-order valence-electron chi connectivity index (χ2n) is 4.25. The summed E-state index contributed by atoms with van der Waals surface area (Å²) in [5.41, 5.74) is 1.33. The molecule has 2 rings (SSSR count). The van der Waals surface area contributed by atoms with Gasteiger partial charge in [0.2, 0.25) is 0 Å². The van der Waals surface area contributed by atoms with E-state index in [0.717, 1.165) is 24.4 Å². The molecule has 3 nitrogen and oxygen atoms in total. The van der Waals surface area contributed by atoms with Crippen molar-refractivity contribution in [3.63, 3.8) is 0 Å². The molecule has 2 aromatic rings. The van der Waals surface area contributed by atoms with Crippen molar-refractivity contribution in [1.82, 2.24) is 5.32 Å². The van der Waals surface area contributed by atoms with Gasteiger partial charge in [-0.15, -0.1) is 0 Å². The number of hydrogen-bond acceptors (Lipinski definition) is 3. The number of benzene rings is 1. The maximum atomic E-state index is 8.67. The molecular weight excluding hydrogens is 226 g/mol. The van der Waals surface area contributed by atoms with Gasteiger partial charge < -0.3 is 14.8 Å². The zero-order valence-corrected chi connectivity index (χ0v) is 10.4. The van der Waals surface area contributed by atoms with Crippen molar-refractivity contribution >= 4 is 0 Å². The fourth-order valence-corrected chi connectivity index (χ4v) is 1.85. The number of hydrogen-bond donors (Lipinski definition) is 2. The summed E-state index contributed by atoms with van der Waals surface area (Å²) < 4.78 is 5.71. The molecule has 0 bridgehead atoms. The summed E-state index contributed by atoms with van der Waals surface area (Å²) >= 11 is 0. The summed E-state index contributed by atoms with van der Waals surface area (Å²) in [6.45, 7) is 1.42. The van der Waals surface area contributed by atoms with Crippen LogP contribution in [0, 0.1) is 0 Å². The van der Waals surface area contributed by atoms with Crippen LogP contribution in [0.2, 0.25) is 0 Å². The van der Waals surface area contributed by atoms with Gasteiger partial charge in [0.15, 0.2) is 0 Å². The van der Waals surface area contributed by atoms with Crippen molar-refractivity contribution in [2.75, 3.05) is 13.2 Å². The molecule has 0 aliphatic rings. The van der Waals surface area contributed by atoms with Gasteiger partial charge in [-0.05, 0) is 24.1 Å². The minimum absolute atomic E-state index is 0.154. The van der Waals surface area contributed by atoms with E-state index >= 15 is 0 Å². The van der Waals surface area contributed by atoms with Crippen LogP contribution in [0.1, 0.15) is 17.1 Å². The Hall–Kier alpha value is -1.58. The highest BCUT2D eigenvalue weighted by Gasteiger charge is 2.02. The smallest absolute Gasteiger partial charge is 0.117 e. The number of aryl methyl sites for hydroxylation is 2. The maximum Gasteiger partial charge on any atom is 0.117 e. The maximum absolute atomic E-state index is 8.67. The fraction of sp³-hybridized carbons (Fsp3) is 0.333. The van der Waals surface area contributed by atoms with Crippen molar-refractivity contribution < 1.29 is 9.52 Å². The van der Waals surface area contributed by atoms with E-state index < -0.39 is 0 Å². The first kappa shape index (κ1) is 12.9. The Balaban J connectivity index is 1.80. The van der Waals surface area contributed by atoms with E-state index in [2.05, 4.69) is 29.6 Å². The second-order valence-corrected chi connectivity index (χ2v) is 4.25. The number of aliphatic hydroxyl groups excluding tert-OH is 1. The Morgan fingerprint density at radius 3 is 2.50 bits per heavy atom. The van der Waals surface area contributed by atoms with Crippen LogP contribution in [0.25, 0.3) is 0 Å². The molecular formula is C15H19NO2. The predicted octanol–water partition coefficient (Wildman–Crippen LogP) is 2.15. The average Bonchev–Trinajstić information content (AvgIpc) is 2.86. The molecule has 96 valence electrons. The van der Waals surface area contributed by atoms with Crippen LogP contribution in [0.15, 0.2) is 46.9 Å². The lowest BCUT2D eigenvalue weighted by atomic mass is 10.1. The molecule has 0 saturated heterocycles. The van der Waals surface area contributed by atoms with Crippen molar-refractivity contribution in [2.45, 2.75) is 19.4 Å². The van der Waals surface area contributed by atoms with Gasteiger partial charge in [0.1, 0.15) is 11.5 Å². The first-order valence-corrected chi connectivity index (χ1v) is 6.31. The van der Waals surface area contributed by atoms with Gasteiger partial charge in [-0.3, -0.25) is 0 Å². The summed E-state index contributed by atoms with van der Waals surface area (Å²) in [6.07, 6.45) is 1.92. The lowest BCUT2D eigenvalue weighted by Gasteiger charge is -2.00. The third kappa shape index (κ3) is 4.02. The van der Waals surface area contributed by atoms with E-state index in [1.54, 1.807) is 0 Å². The summed E-state index contributed by atoms with van der Waals surface area (Å²) in [4.78, 5) is 0. The zero-order chi connectivity index (χ0) is 12.6. The minimum Gasteiger partial charge on any atom is -0.465 e. The Kier molecular flexibility index (Phi) is 5.00. The monoisotopic (exact) mass is 245 g/mol. The number of nitrogens with one attached hydrogen (secondary N) is 1. The van der Waals surface area contributed by atoms with Crippen molar-refractivity contribution in [3.05, 3.63) is 59.5 Å². The predicted molar refractivity (Wildman–Crippen MR) is 71.4 cm³/mol. The van der Waals surface area contributed by atoms with E-state index in [4.69, 9.17) is 9.52 Å². The van der Waals surface area contributed by atoms with Crippen LogP contribution in [0.3, 0.4) is 0 Å². The van der Waals surface area contributed by atoms with Crippen LogP contribution in [-0.2, 0) is 19.4 Å². The van der Waals surface area contributed by atoms with Crippen LogP contribution >= 0.6 is 0 Å². The van der Waals surface area contributed by atoms with Crippen LogP contribution < -0.4 is 5.32 Å². The number of furan rings is 1. The first-order valence-electron chi connectivity index (χ1n) is 6.31. The highest BCUT2D eigenvalue weighted by Crippen LogP contribution is 2.11. The van der Waals surface area contributed by atoms with E-state index in [1.165, 1.54) is 5.56 Å². The molecule has 3 heteroatoms. The molecule has 0 radical (unpaired) electrons. The van der Waals surface area contributed by atoms with E-state index in [-0.39, 0.29) is 6.61 Å². The van der Waals surface area contributed by atoms with Gasteiger partial charge in [-0.1, -0.05) is 30.3 Å². The molecule has 0 aliphatic heterocycles. The Morgan fingerprint density at radius 1 is 0.944 bits per heavy atom. The summed E-state index contributed by atoms with van der Waals surface area (Å²) in [6, 6.07) is 14.4. The summed E-state index contributed by atoms with van der Waals surface area (Å²) in [5.74, 6) is 1.94. The third-order valence-corrected chi connectivity index (χ3v) is 2.81. The lowest BCUT2D eigenvalue weighted by Crippen LogP contribution is -2.16. The molecule has 0 unspecified atom stereocenters. The molecule has 0 aliphatic carbocycles. The molecule has 1 heterocycles. The SMILES string of the molecule is OCCNCc1ccc(CCc2ccccc2)o1. The minimum atomic E-state index is 0.154. The molecule has 2 N–H and O–H groups in total. The molecule has 0 fully saturated rings. The van der Waals surface area contributed by atoms with E-state index in [9.17, 15) is 0 Å². The fourth-order valence-electron chi connectivity index (χ4n) is 1.85. The highest BCUT2D eigenvalue weighted by molar-refractivity contribution is 5.16. The third-order valence-electron chi connectivity index (χ3n) is 2.81. The van der Waals surface area contributed by atoms with Gasteiger partial charge in [-0.2, -0.15) is 0 Å². The van der Waals surface area contributed by atoms with Gasteiger partial charge in [-0.25, -0.2) is 0 Å². The standard InChI is InChI=1S/C15H19NO2/c17-11-10-16-12-15-9-8-14(18-15)7-6-13-4-2-1-3-5-13/h1-5,8-9,16-17H,6-7,10-12H2. The molecule has 1 aromatic carbocycles. The van der Waals surface area contributed by atoms with E-state index in [0.29, 0.717) is 13.1 Å². The normalized spacial score (nSPS) is 10.7. The average molecular weight is 245 g/mol. The topological polar surface area (TPSA) is 45.4 Å². The Bertz CT molecular complexity index is 451. The Morgan fingerprint density at radius 2 is 1.72 bits per heavy atom. The quantitative estimate of drug-likeness (QED) is 0.735. The van der Waals surface area contributed by atoms with Crippen molar-refractivity contribution in [2.24, 2.45) is 0 Å². The molecule has 18 heavy (non-hydrogen) atoms. The van der Waals surface area contributed by atoms with Crippen molar-refractivity contribution in [3.8, 4) is 0 Å². The molecule has 0 spiro atoms. The summed E-state index contributed by atoms with van der Waals surface area (Å²) in [7, 11) is 0. The molecule has 0 saturated carbocycles. The first-order chi connectivity index (χ1) is 8.88. The van der Waals surface area contributed by atoms with Gasteiger partial charge in [0.25, 0.3) is 0 Å². The van der Waals surface area contributed by atoms with Gasteiger partial charge >= 0.3 is 0 Å². The van der Waals surface area contributed by atoms with E-state index in [1.807, 2.05) is 18.2 Å². The second kappa shape index (κ2) is 6.99. The van der Waals surface area contributed by atoms with Crippen LogP contribution in [-0.4, -0.2) is 18.3 Å². The van der Waals surface area contributed by atoms with Gasteiger partial charge in [0, 0.05) is 13.0 Å². The molecule has 0 amide bonds. The van der Waals surface area contributed by atoms with Crippen LogP contribution in [0.4, 0.5) is 0 Å². The van der Waals surface area contributed by atoms with Gasteiger partial charge in [0.05, 0.1) is 13.2 Å². The van der Waals surface area contributed by atoms with Crippen molar-refractivity contribution in [1.29, 1.82) is 0 Å². The zero-order valence-electron chi connectivity index (χ0n) is 10.4. The largest absolute Gasteiger partial charge is 0.465 e. The number of aliphatic hydroxyl groups is 1. The highest BCUT2D eigenvalue weighted by atomic mass is 16.3.